The van der Waals surface area contributed by atoms with Gasteiger partial charge in [-0.25, -0.2) is 9.97 Å². The lowest BCUT2D eigenvalue weighted by atomic mass is 10.0. The van der Waals surface area contributed by atoms with E-state index in [1.54, 1.807) is 6.33 Å². The third-order valence-electron chi connectivity index (χ3n) is 4.28. The highest BCUT2D eigenvalue weighted by Gasteiger charge is 2.32. The molecule has 0 N–H and O–H groups in total. The molecule has 4 rings (SSSR count). The van der Waals surface area contributed by atoms with Crippen LogP contribution < -0.4 is 4.90 Å². The molecule has 4 heterocycles. The van der Waals surface area contributed by atoms with Gasteiger partial charge in [0.1, 0.15) is 12.1 Å². The minimum absolute atomic E-state index is 0.434. The van der Waals surface area contributed by atoms with Crippen LogP contribution in [0.2, 0.25) is 0 Å². The molecule has 2 aromatic rings. The van der Waals surface area contributed by atoms with Gasteiger partial charge in [-0.1, -0.05) is 0 Å². The maximum Gasteiger partial charge on any atom is 0.136 e. The highest BCUT2D eigenvalue weighted by molar-refractivity contribution is 9.10. The highest BCUT2D eigenvalue weighted by atomic mass is 79.9. The smallest absolute Gasteiger partial charge is 0.136 e. The Kier molecular flexibility index (Phi) is 3.19. The molecule has 0 spiro atoms. The maximum atomic E-state index is 4.53. The van der Waals surface area contributed by atoms with Gasteiger partial charge in [0, 0.05) is 44.4 Å². The number of hydrogen-bond donors (Lipinski definition) is 0. The van der Waals surface area contributed by atoms with Crippen LogP contribution in [0.4, 0.5) is 5.82 Å². The second kappa shape index (κ2) is 5.06. The van der Waals surface area contributed by atoms with E-state index < -0.39 is 0 Å². The van der Waals surface area contributed by atoms with Crippen molar-refractivity contribution in [2.75, 3.05) is 31.6 Å². The van der Waals surface area contributed by atoms with Crippen molar-refractivity contribution < 1.29 is 0 Å². The van der Waals surface area contributed by atoms with Crippen LogP contribution in [0.1, 0.15) is 17.3 Å². The van der Waals surface area contributed by atoms with Crippen LogP contribution in [0, 0.1) is 0 Å². The van der Waals surface area contributed by atoms with E-state index in [-0.39, 0.29) is 0 Å². The fourth-order valence-electron chi connectivity index (χ4n) is 3.04. The molecule has 0 saturated carbocycles. The molecule has 0 aromatic carbocycles. The summed E-state index contributed by atoms with van der Waals surface area (Å²) in [6.45, 7) is 3.94. The Labute approximate surface area is 131 Å². The van der Waals surface area contributed by atoms with Crippen LogP contribution in [0.25, 0.3) is 0 Å². The Morgan fingerprint density at radius 3 is 2.90 bits per heavy atom. The summed E-state index contributed by atoms with van der Waals surface area (Å²) >= 11 is 3.45. The predicted molar refractivity (Wildman–Crippen MR) is 83.2 cm³/mol. The van der Waals surface area contributed by atoms with E-state index in [1.165, 1.54) is 11.3 Å². The number of likely N-dealkylation sites (N-methyl/N-ethyl adjacent to an activating group) is 1. The van der Waals surface area contributed by atoms with Crippen LogP contribution in [-0.2, 0) is 13.0 Å². The summed E-state index contributed by atoms with van der Waals surface area (Å²) in [6.07, 6.45) is 6.59. The summed E-state index contributed by atoms with van der Waals surface area (Å²) in [4.78, 5) is 13.6. The first kappa shape index (κ1) is 13.2. The fourth-order valence-corrected chi connectivity index (χ4v) is 3.35. The first-order chi connectivity index (χ1) is 10.2. The zero-order valence-electron chi connectivity index (χ0n) is 11.9. The molecule has 0 unspecified atom stereocenters. The van der Waals surface area contributed by atoms with E-state index in [0.29, 0.717) is 6.04 Å². The van der Waals surface area contributed by atoms with Gasteiger partial charge in [-0.2, -0.15) is 5.10 Å². The number of rotatable bonds is 2. The van der Waals surface area contributed by atoms with Crippen molar-refractivity contribution in [3.05, 3.63) is 34.5 Å². The average Bonchev–Trinajstić information content (AvgIpc) is 2.84. The molecule has 110 valence electrons. The van der Waals surface area contributed by atoms with E-state index in [2.05, 4.69) is 47.8 Å². The van der Waals surface area contributed by atoms with E-state index in [1.807, 2.05) is 17.1 Å². The molecule has 0 bridgehead atoms. The van der Waals surface area contributed by atoms with Crippen molar-refractivity contribution in [2.45, 2.75) is 19.0 Å². The van der Waals surface area contributed by atoms with Crippen molar-refractivity contribution in [1.29, 1.82) is 0 Å². The van der Waals surface area contributed by atoms with Gasteiger partial charge in [-0.3, -0.25) is 4.68 Å². The summed E-state index contributed by atoms with van der Waals surface area (Å²) < 4.78 is 3.06. The second-order valence-corrected chi connectivity index (χ2v) is 6.72. The maximum absolute atomic E-state index is 4.53. The Balaban J connectivity index is 1.54. The molecular weight excluding hydrogens is 332 g/mol. The van der Waals surface area contributed by atoms with Gasteiger partial charge < -0.3 is 9.80 Å². The zero-order valence-corrected chi connectivity index (χ0v) is 13.5. The van der Waals surface area contributed by atoms with E-state index in [4.69, 9.17) is 0 Å². The highest BCUT2D eigenvalue weighted by Crippen LogP contribution is 2.31. The molecule has 0 radical (unpaired) electrons. The van der Waals surface area contributed by atoms with Gasteiger partial charge in [0.25, 0.3) is 0 Å². The second-order valence-electron chi connectivity index (χ2n) is 5.81. The van der Waals surface area contributed by atoms with Crippen molar-refractivity contribution in [2.24, 2.45) is 0 Å². The van der Waals surface area contributed by atoms with Crippen molar-refractivity contribution >= 4 is 21.7 Å². The molecule has 2 aliphatic rings. The minimum atomic E-state index is 0.434. The lowest BCUT2D eigenvalue weighted by molar-refractivity contribution is 0.306. The molecule has 0 aliphatic carbocycles. The topological polar surface area (TPSA) is 50.1 Å². The Morgan fingerprint density at radius 1 is 1.29 bits per heavy atom. The monoisotopic (exact) mass is 348 g/mol. The van der Waals surface area contributed by atoms with Crippen LogP contribution in [0.15, 0.2) is 23.2 Å². The zero-order chi connectivity index (χ0) is 14.4. The van der Waals surface area contributed by atoms with E-state index in [0.717, 1.165) is 42.9 Å². The number of halogens is 1. The van der Waals surface area contributed by atoms with Crippen LogP contribution >= 0.6 is 15.9 Å². The number of aromatic nitrogens is 4. The van der Waals surface area contributed by atoms with Gasteiger partial charge in [0.2, 0.25) is 0 Å². The molecular formula is C14H17BrN6. The molecule has 7 heteroatoms. The van der Waals surface area contributed by atoms with Gasteiger partial charge >= 0.3 is 0 Å². The SMILES string of the molecule is CN1CCc2ncnc(N3CC(n4cc(Br)cn4)C3)c2C1. The molecule has 0 atom stereocenters. The lowest BCUT2D eigenvalue weighted by Gasteiger charge is -2.41. The quantitative estimate of drug-likeness (QED) is 0.822. The summed E-state index contributed by atoms with van der Waals surface area (Å²) in [6, 6.07) is 0.434. The van der Waals surface area contributed by atoms with Crippen molar-refractivity contribution in [3.63, 3.8) is 0 Å². The Bertz CT molecular complexity index is 663. The van der Waals surface area contributed by atoms with E-state index in [9.17, 15) is 0 Å². The van der Waals surface area contributed by atoms with Crippen molar-refractivity contribution in [1.82, 2.24) is 24.6 Å². The van der Waals surface area contributed by atoms with Gasteiger partial charge in [0.05, 0.1) is 22.4 Å². The number of nitrogens with zero attached hydrogens (tertiary/aromatic N) is 6. The molecule has 1 fully saturated rings. The van der Waals surface area contributed by atoms with E-state index >= 15 is 0 Å². The van der Waals surface area contributed by atoms with Crippen LogP contribution in [0.3, 0.4) is 0 Å². The molecule has 2 aromatic heterocycles. The minimum Gasteiger partial charge on any atom is -0.352 e. The summed E-state index contributed by atoms with van der Waals surface area (Å²) in [5.41, 5.74) is 2.51. The fraction of sp³-hybridized carbons (Fsp3) is 0.500. The summed E-state index contributed by atoms with van der Waals surface area (Å²) in [5, 5.41) is 4.37. The normalized spacial score (nSPS) is 19.4. The Morgan fingerprint density at radius 2 is 2.14 bits per heavy atom. The molecule has 1 saturated heterocycles. The average molecular weight is 349 g/mol. The first-order valence-corrected chi connectivity index (χ1v) is 7.96. The van der Waals surface area contributed by atoms with Gasteiger partial charge in [0.15, 0.2) is 0 Å². The largest absolute Gasteiger partial charge is 0.352 e. The number of anilines is 1. The third-order valence-corrected chi connectivity index (χ3v) is 4.69. The van der Waals surface area contributed by atoms with Gasteiger partial charge in [-0.15, -0.1) is 0 Å². The van der Waals surface area contributed by atoms with Gasteiger partial charge in [-0.05, 0) is 23.0 Å². The standard InChI is InChI=1S/C14H17BrN6/c1-19-3-2-13-12(8-19)14(17-9-16-13)20-6-11(7-20)21-5-10(15)4-18-21/h4-5,9,11H,2-3,6-8H2,1H3. The summed E-state index contributed by atoms with van der Waals surface area (Å²) in [5.74, 6) is 1.11. The lowest BCUT2D eigenvalue weighted by Crippen LogP contribution is -2.49. The Hall–Kier alpha value is -1.47. The molecule has 2 aliphatic heterocycles. The van der Waals surface area contributed by atoms with Crippen LogP contribution in [0.5, 0.6) is 0 Å². The molecule has 6 nitrogen and oxygen atoms in total. The predicted octanol–water partition coefficient (Wildman–Crippen LogP) is 1.48. The number of fused-ring (bicyclic) bond motifs is 1. The third kappa shape index (κ3) is 2.34. The number of hydrogen-bond acceptors (Lipinski definition) is 5. The molecule has 0 amide bonds. The van der Waals surface area contributed by atoms with Crippen molar-refractivity contribution in [3.8, 4) is 0 Å². The summed E-state index contributed by atoms with van der Waals surface area (Å²) in [7, 11) is 2.15. The molecule has 21 heavy (non-hydrogen) atoms. The van der Waals surface area contributed by atoms with Crippen LogP contribution in [-0.4, -0.2) is 51.3 Å². The first-order valence-electron chi connectivity index (χ1n) is 7.16.